The van der Waals surface area contributed by atoms with Gasteiger partial charge in [-0.3, -0.25) is 0 Å². The summed E-state index contributed by atoms with van der Waals surface area (Å²) in [5.74, 6) is 0. The second-order valence-corrected chi connectivity index (χ2v) is 8.44. The minimum atomic E-state index is -1.55. The molecule has 0 saturated carbocycles. The molecule has 0 N–H and O–H groups in total. The maximum atomic E-state index is 6.21. The predicted octanol–water partition coefficient (Wildman–Crippen LogP) is 3.84. The summed E-state index contributed by atoms with van der Waals surface area (Å²) in [5.41, 5.74) is 1.31. The maximum absolute atomic E-state index is 6.21. The van der Waals surface area contributed by atoms with Crippen LogP contribution in [0.25, 0.3) is 0 Å². The van der Waals surface area contributed by atoms with Crippen LogP contribution in [0.1, 0.15) is 25.0 Å². The number of allylic oxidation sites excluding steroid dienone is 1. The van der Waals surface area contributed by atoms with Gasteiger partial charge in [-0.25, -0.2) is 0 Å². The van der Waals surface area contributed by atoms with Gasteiger partial charge >= 0.3 is 0 Å². The fraction of sp³-hybridized carbons (Fsp3) is 0.385. The van der Waals surface area contributed by atoms with E-state index < -0.39 is 8.32 Å². The molecule has 1 heterocycles. The average molecular weight is 218 g/mol. The highest BCUT2D eigenvalue weighted by Crippen LogP contribution is 2.40. The van der Waals surface area contributed by atoms with E-state index in [2.05, 4.69) is 56.4 Å². The van der Waals surface area contributed by atoms with Gasteiger partial charge < -0.3 is 4.43 Å². The van der Waals surface area contributed by atoms with E-state index in [-0.39, 0.29) is 0 Å². The van der Waals surface area contributed by atoms with E-state index in [1.165, 1.54) is 10.8 Å². The summed E-state index contributed by atoms with van der Waals surface area (Å²) < 4.78 is 6.21. The van der Waals surface area contributed by atoms with Gasteiger partial charge in [0.05, 0.1) is 6.10 Å². The van der Waals surface area contributed by atoms with Crippen molar-refractivity contribution in [1.82, 2.24) is 0 Å². The summed E-state index contributed by atoms with van der Waals surface area (Å²) in [6.45, 7) is 6.69. The zero-order valence-corrected chi connectivity index (χ0v) is 10.7. The van der Waals surface area contributed by atoms with Crippen molar-refractivity contribution in [1.29, 1.82) is 0 Å². The van der Waals surface area contributed by atoms with Crippen LogP contribution in [0.5, 0.6) is 0 Å². The molecule has 2 heteroatoms. The number of hydrogen-bond acceptors (Lipinski definition) is 1. The summed E-state index contributed by atoms with van der Waals surface area (Å²) in [6.07, 6.45) is 3.62. The van der Waals surface area contributed by atoms with Crippen LogP contribution < -0.4 is 0 Å². The van der Waals surface area contributed by atoms with Crippen molar-refractivity contribution in [2.24, 2.45) is 0 Å². The van der Waals surface area contributed by atoms with Crippen molar-refractivity contribution >= 4 is 8.32 Å². The molecule has 80 valence electrons. The Morgan fingerprint density at radius 1 is 1.27 bits per heavy atom. The molecule has 0 spiro atoms. The third-order valence-corrected chi connectivity index (χ3v) is 6.05. The van der Waals surface area contributed by atoms with Crippen LogP contribution in [-0.2, 0) is 4.43 Å². The van der Waals surface area contributed by atoms with Gasteiger partial charge in [0, 0.05) is 0 Å². The van der Waals surface area contributed by atoms with E-state index in [4.69, 9.17) is 4.43 Å². The van der Waals surface area contributed by atoms with Gasteiger partial charge in [0.15, 0.2) is 0 Å². The molecular formula is C13H18OSi. The van der Waals surface area contributed by atoms with Crippen molar-refractivity contribution in [2.75, 3.05) is 0 Å². The Kier molecular flexibility index (Phi) is 2.80. The van der Waals surface area contributed by atoms with Crippen molar-refractivity contribution in [3.63, 3.8) is 0 Å². The van der Waals surface area contributed by atoms with Crippen LogP contribution in [0.4, 0.5) is 0 Å². The zero-order chi connectivity index (χ0) is 10.9. The summed E-state index contributed by atoms with van der Waals surface area (Å²) in [4.78, 5) is 0. The van der Waals surface area contributed by atoms with Crippen LogP contribution in [0.2, 0.25) is 13.1 Å². The van der Waals surface area contributed by atoms with Gasteiger partial charge in [0.25, 0.3) is 0 Å². The van der Waals surface area contributed by atoms with Crippen LogP contribution >= 0.6 is 0 Å². The largest absolute Gasteiger partial charge is 0.406 e. The molecular weight excluding hydrogens is 200 g/mol. The topological polar surface area (TPSA) is 9.23 Å². The Labute approximate surface area is 92.9 Å². The van der Waals surface area contributed by atoms with Gasteiger partial charge in [-0.2, -0.15) is 0 Å². The van der Waals surface area contributed by atoms with Crippen LogP contribution in [-0.4, -0.2) is 8.32 Å². The molecule has 0 aliphatic carbocycles. The average Bonchev–Trinajstić information content (AvgIpc) is 2.55. The highest BCUT2D eigenvalue weighted by molar-refractivity contribution is 6.79. The predicted molar refractivity (Wildman–Crippen MR) is 66.1 cm³/mol. The molecule has 0 amide bonds. The SMILES string of the molecule is C/C=C1/C[C@@H](c2ccccc2)O[Si]1(C)C. The fourth-order valence-electron chi connectivity index (χ4n) is 2.24. The van der Waals surface area contributed by atoms with E-state index in [0.29, 0.717) is 6.10 Å². The summed E-state index contributed by atoms with van der Waals surface area (Å²) in [6, 6.07) is 10.5. The second-order valence-electron chi connectivity index (χ2n) is 4.55. The monoisotopic (exact) mass is 218 g/mol. The van der Waals surface area contributed by atoms with Gasteiger partial charge in [-0.1, -0.05) is 41.6 Å². The van der Waals surface area contributed by atoms with Gasteiger partial charge in [-0.15, -0.1) is 0 Å². The molecule has 1 nitrogen and oxygen atoms in total. The number of hydrogen-bond donors (Lipinski definition) is 0. The Bertz CT molecular complexity index is 367. The highest BCUT2D eigenvalue weighted by Gasteiger charge is 2.38. The molecule has 15 heavy (non-hydrogen) atoms. The van der Waals surface area contributed by atoms with Crippen LogP contribution in [0, 0.1) is 0 Å². The van der Waals surface area contributed by atoms with Gasteiger partial charge in [0.2, 0.25) is 8.32 Å². The zero-order valence-electron chi connectivity index (χ0n) is 9.66. The highest BCUT2D eigenvalue weighted by atomic mass is 28.4. The van der Waals surface area contributed by atoms with Crippen molar-refractivity contribution in [3.8, 4) is 0 Å². The minimum Gasteiger partial charge on any atom is -0.406 e. The molecule has 1 atom stereocenters. The lowest BCUT2D eigenvalue weighted by molar-refractivity contribution is 0.230. The first kappa shape index (κ1) is 10.6. The Hall–Kier alpha value is -0.863. The Morgan fingerprint density at radius 3 is 2.47 bits per heavy atom. The van der Waals surface area contributed by atoms with E-state index in [9.17, 15) is 0 Å². The molecule has 0 radical (unpaired) electrons. The lowest BCUT2D eigenvalue weighted by atomic mass is 10.1. The van der Waals surface area contributed by atoms with Crippen LogP contribution in [0.15, 0.2) is 41.6 Å². The van der Waals surface area contributed by atoms with Gasteiger partial charge in [-0.05, 0) is 32.0 Å². The summed E-state index contributed by atoms with van der Waals surface area (Å²) in [7, 11) is -1.55. The van der Waals surface area contributed by atoms with Crippen molar-refractivity contribution < 1.29 is 4.43 Å². The molecule has 1 aromatic carbocycles. The smallest absolute Gasteiger partial charge is 0.214 e. The van der Waals surface area contributed by atoms with E-state index in [0.717, 1.165) is 6.42 Å². The lowest BCUT2D eigenvalue weighted by Gasteiger charge is -2.18. The third-order valence-electron chi connectivity index (χ3n) is 3.14. The fourth-order valence-corrected chi connectivity index (χ4v) is 4.69. The van der Waals surface area contributed by atoms with Crippen LogP contribution in [0.3, 0.4) is 0 Å². The van der Waals surface area contributed by atoms with Crippen molar-refractivity contribution in [3.05, 3.63) is 47.2 Å². The van der Waals surface area contributed by atoms with Crippen molar-refractivity contribution in [2.45, 2.75) is 32.5 Å². The second kappa shape index (κ2) is 3.95. The lowest BCUT2D eigenvalue weighted by Crippen LogP contribution is -2.27. The molecule has 0 aromatic heterocycles. The molecule has 0 unspecified atom stereocenters. The number of rotatable bonds is 1. The molecule has 1 aliphatic heterocycles. The molecule has 1 aliphatic rings. The molecule has 0 bridgehead atoms. The minimum absolute atomic E-state index is 0.291. The summed E-state index contributed by atoms with van der Waals surface area (Å²) in [5, 5.41) is 1.54. The first-order valence-corrected chi connectivity index (χ1v) is 8.43. The third kappa shape index (κ3) is 2.06. The molecule has 1 fully saturated rings. The van der Waals surface area contributed by atoms with E-state index in [1.54, 1.807) is 0 Å². The Balaban J connectivity index is 2.24. The van der Waals surface area contributed by atoms with E-state index >= 15 is 0 Å². The Morgan fingerprint density at radius 2 is 1.93 bits per heavy atom. The standard InChI is InChI=1S/C13H18OSi/c1-4-12-10-13(14-15(12,2)3)11-8-6-5-7-9-11/h4-9,13H,10H2,1-3H3/b12-4-/t13-/m0/s1. The first-order valence-electron chi connectivity index (χ1n) is 5.52. The first-order chi connectivity index (χ1) is 7.13. The molecule has 1 aromatic rings. The molecule has 2 rings (SSSR count). The quantitative estimate of drug-likeness (QED) is 0.651. The summed E-state index contributed by atoms with van der Waals surface area (Å²) >= 11 is 0. The maximum Gasteiger partial charge on any atom is 0.214 e. The number of benzene rings is 1. The van der Waals surface area contributed by atoms with E-state index in [1.807, 2.05) is 0 Å². The molecule has 1 saturated heterocycles. The van der Waals surface area contributed by atoms with Gasteiger partial charge in [0.1, 0.15) is 0 Å². The normalized spacial score (nSPS) is 27.1.